The molecule has 5 heterocycles. The van der Waals surface area contributed by atoms with Crippen LogP contribution in [0.4, 0.5) is 5.69 Å². The van der Waals surface area contributed by atoms with Gasteiger partial charge in [0, 0.05) is 57.0 Å². The van der Waals surface area contributed by atoms with Crippen LogP contribution < -0.4 is 10.2 Å². The van der Waals surface area contributed by atoms with E-state index >= 15 is 0 Å². The van der Waals surface area contributed by atoms with Crippen molar-refractivity contribution in [2.75, 3.05) is 44.3 Å². The van der Waals surface area contributed by atoms with Crippen molar-refractivity contribution < 1.29 is 9.53 Å². The number of imidazole rings is 1. The molecule has 0 unspecified atom stereocenters. The van der Waals surface area contributed by atoms with Gasteiger partial charge in [-0.05, 0) is 31.9 Å². The number of morpholine rings is 1. The van der Waals surface area contributed by atoms with E-state index in [-0.39, 0.29) is 11.9 Å². The third-order valence-corrected chi connectivity index (χ3v) is 7.33. The van der Waals surface area contributed by atoms with Crippen LogP contribution in [0.3, 0.4) is 0 Å². The number of nitrogens with one attached hydrogen (secondary N) is 2. The Morgan fingerprint density at radius 2 is 1.92 bits per heavy atom. The Kier molecular flexibility index (Phi) is 6.82. The molecule has 10 heteroatoms. The van der Waals surface area contributed by atoms with Crippen molar-refractivity contribution in [1.29, 1.82) is 0 Å². The molecule has 1 amide bonds. The highest BCUT2D eigenvalue weighted by atomic mass is 16.5. The van der Waals surface area contributed by atoms with Gasteiger partial charge < -0.3 is 19.9 Å². The number of aromatic amines is 1. The van der Waals surface area contributed by atoms with Crippen LogP contribution in [0.15, 0.2) is 42.6 Å². The molecule has 2 aliphatic rings. The number of pyridine rings is 1. The Labute approximate surface area is 222 Å². The lowest BCUT2D eigenvalue weighted by Crippen LogP contribution is -2.43. The van der Waals surface area contributed by atoms with Crippen LogP contribution in [-0.4, -0.2) is 81.0 Å². The summed E-state index contributed by atoms with van der Waals surface area (Å²) in [5, 5.41) is 7.89. The molecule has 0 atom stereocenters. The number of benzene rings is 1. The molecular weight excluding hydrogens is 480 g/mol. The van der Waals surface area contributed by atoms with Crippen molar-refractivity contribution in [2.45, 2.75) is 39.3 Å². The molecular formula is C28H34N8O2. The first-order valence-corrected chi connectivity index (χ1v) is 13.4. The number of carbonyl (C=O) groups excluding carboxylic acids is 1. The summed E-state index contributed by atoms with van der Waals surface area (Å²) in [4.78, 5) is 29.5. The zero-order valence-electron chi connectivity index (χ0n) is 22.0. The predicted molar refractivity (Wildman–Crippen MR) is 146 cm³/mol. The molecule has 2 saturated heterocycles. The van der Waals surface area contributed by atoms with Gasteiger partial charge in [-0.1, -0.05) is 23.8 Å². The van der Waals surface area contributed by atoms with Gasteiger partial charge in [0.05, 0.1) is 31.1 Å². The number of fused-ring (bicyclic) bond motifs is 1. The Bertz CT molecular complexity index is 1430. The number of hydrogen-bond acceptors (Lipinski definition) is 7. The van der Waals surface area contributed by atoms with Gasteiger partial charge in [0.2, 0.25) is 5.91 Å². The van der Waals surface area contributed by atoms with E-state index in [0.717, 1.165) is 79.7 Å². The maximum atomic E-state index is 11.4. The number of carbonyl (C=O) groups is 1. The third-order valence-electron chi connectivity index (χ3n) is 7.33. The molecule has 10 nitrogen and oxygen atoms in total. The number of anilines is 1. The summed E-state index contributed by atoms with van der Waals surface area (Å²) in [5.74, 6) is 1.69. The van der Waals surface area contributed by atoms with E-state index in [4.69, 9.17) is 19.8 Å². The summed E-state index contributed by atoms with van der Waals surface area (Å²) in [6, 6.07) is 12.7. The molecule has 198 valence electrons. The van der Waals surface area contributed by atoms with Crippen molar-refractivity contribution in [2.24, 2.45) is 0 Å². The number of aromatic nitrogens is 5. The maximum Gasteiger partial charge on any atom is 0.217 e. The van der Waals surface area contributed by atoms with E-state index in [1.165, 1.54) is 5.56 Å². The molecule has 0 bridgehead atoms. The second kappa shape index (κ2) is 10.5. The average Bonchev–Trinajstić information content (AvgIpc) is 3.57. The first-order valence-electron chi connectivity index (χ1n) is 13.4. The fourth-order valence-corrected chi connectivity index (χ4v) is 5.40. The molecule has 0 radical (unpaired) electrons. The minimum Gasteiger partial charge on any atom is -0.378 e. The number of likely N-dealkylation sites (tertiary alicyclic amines) is 1. The van der Waals surface area contributed by atoms with Crippen LogP contribution in [0.25, 0.3) is 28.2 Å². The van der Waals surface area contributed by atoms with Crippen LogP contribution >= 0.6 is 0 Å². The average molecular weight is 515 g/mol. The maximum absolute atomic E-state index is 11.4. The Balaban J connectivity index is 1.29. The van der Waals surface area contributed by atoms with Gasteiger partial charge >= 0.3 is 0 Å². The zero-order valence-corrected chi connectivity index (χ0v) is 22.0. The molecule has 6 rings (SSSR count). The first kappa shape index (κ1) is 24.6. The van der Waals surface area contributed by atoms with Crippen molar-refractivity contribution in [3.8, 4) is 17.1 Å². The highest BCUT2D eigenvalue weighted by Gasteiger charge is 2.23. The number of piperidine rings is 1. The van der Waals surface area contributed by atoms with Crippen LogP contribution in [0.5, 0.6) is 0 Å². The first-order chi connectivity index (χ1) is 18.5. The molecule has 1 aromatic carbocycles. The molecule has 0 saturated carbocycles. The summed E-state index contributed by atoms with van der Waals surface area (Å²) in [6.07, 6.45) is 3.86. The summed E-state index contributed by atoms with van der Waals surface area (Å²) in [5.41, 5.74) is 5.92. The van der Waals surface area contributed by atoms with Gasteiger partial charge in [-0.3, -0.25) is 9.69 Å². The minimum atomic E-state index is 0.0430. The summed E-state index contributed by atoms with van der Waals surface area (Å²) in [6.45, 7) is 9.27. The zero-order chi connectivity index (χ0) is 26.1. The lowest BCUT2D eigenvalue weighted by atomic mass is 10.1. The number of aryl methyl sites for hydroxylation is 1. The summed E-state index contributed by atoms with van der Waals surface area (Å²) >= 11 is 0. The number of amides is 1. The van der Waals surface area contributed by atoms with Crippen molar-refractivity contribution in [3.05, 3.63) is 54.0 Å². The highest BCUT2D eigenvalue weighted by Crippen LogP contribution is 2.29. The monoisotopic (exact) mass is 514 g/mol. The van der Waals surface area contributed by atoms with Crippen LogP contribution in [-0.2, 0) is 16.1 Å². The van der Waals surface area contributed by atoms with Gasteiger partial charge in [0.1, 0.15) is 11.3 Å². The van der Waals surface area contributed by atoms with Crippen LogP contribution in [0.2, 0.25) is 0 Å². The van der Waals surface area contributed by atoms with Gasteiger partial charge in [-0.15, -0.1) is 0 Å². The van der Waals surface area contributed by atoms with Gasteiger partial charge in [0.25, 0.3) is 0 Å². The summed E-state index contributed by atoms with van der Waals surface area (Å²) < 4.78 is 7.45. The molecule has 2 fully saturated rings. The van der Waals surface area contributed by atoms with E-state index in [2.05, 4.69) is 57.4 Å². The second-order valence-electron chi connectivity index (χ2n) is 10.2. The van der Waals surface area contributed by atoms with Crippen molar-refractivity contribution >= 4 is 22.8 Å². The molecule has 2 N–H and O–H groups in total. The minimum absolute atomic E-state index is 0.0430. The van der Waals surface area contributed by atoms with E-state index in [1.807, 2.05) is 16.9 Å². The van der Waals surface area contributed by atoms with Gasteiger partial charge in [0.15, 0.2) is 11.5 Å². The fourth-order valence-electron chi connectivity index (χ4n) is 5.40. The van der Waals surface area contributed by atoms with Gasteiger partial charge in [-0.2, -0.15) is 5.10 Å². The van der Waals surface area contributed by atoms with E-state index in [0.29, 0.717) is 18.9 Å². The van der Waals surface area contributed by atoms with E-state index < -0.39 is 0 Å². The lowest BCUT2D eigenvalue weighted by molar-refractivity contribution is -0.120. The third kappa shape index (κ3) is 5.27. The van der Waals surface area contributed by atoms with E-state index in [1.54, 1.807) is 6.92 Å². The molecule has 4 aromatic rings. The van der Waals surface area contributed by atoms with E-state index in [9.17, 15) is 4.79 Å². The number of ether oxygens (including phenoxy) is 1. The second-order valence-corrected chi connectivity index (χ2v) is 10.2. The van der Waals surface area contributed by atoms with Crippen molar-refractivity contribution in [3.63, 3.8) is 0 Å². The topological polar surface area (TPSA) is 104 Å². The molecule has 2 aliphatic heterocycles. The van der Waals surface area contributed by atoms with Crippen LogP contribution in [0, 0.1) is 6.92 Å². The smallest absolute Gasteiger partial charge is 0.217 e. The lowest BCUT2D eigenvalue weighted by Gasteiger charge is -2.31. The predicted octanol–water partition coefficient (Wildman–Crippen LogP) is 3.06. The number of hydrogen-bond donors (Lipinski definition) is 2. The molecule has 0 aliphatic carbocycles. The quantitative estimate of drug-likeness (QED) is 0.408. The fraction of sp³-hybridized carbons (Fsp3) is 0.429. The SMILES string of the molecule is CC(=O)NC1CCN(Cc2nc3nc(-n4ccc(-c5cccc(C)c5)n4)cc(N4CCOCC4)c3[nH]2)CC1. The summed E-state index contributed by atoms with van der Waals surface area (Å²) in [7, 11) is 0. The normalized spacial score (nSPS) is 17.3. The Hall–Kier alpha value is -3.76. The molecule has 0 spiro atoms. The Morgan fingerprint density at radius 1 is 1.11 bits per heavy atom. The number of nitrogens with zero attached hydrogens (tertiary/aromatic N) is 6. The molecule has 38 heavy (non-hydrogen) atoms. The van der Waals surface area contributed by atoms with Gasteiger partial charge in [-0.25, -0.2) is 14.6 Å². The Morgan fingerprint density at radius 3 is 2.68 bits per heavy atom. The van der Waals surface area contributed by atoms with Crippen molar-refractivity contribution in [1.82, 2.24) is 34.9 Å². The largest absolute Gasteiger partial charge is 0.378 e. The number of H-pyrrole nitrogens is 1. The van der Waals surface area contributed by atoms with Crippen LogP contribution in [0.1, 0.15) is 31.2 Å². The molecule has 3 aromatic heterocycles. The number of rotatable bonds is 6. The highest BCUT2D eigenvalue weighted by molar-refractivity contribution is 5.87. The standard InChI is InChI=1S/C28H34N8O2/c1-19-4-3-5-21(16-19)23-8-11-36(33-23)26-17-24(35-12-14-38-15-13-35)27-28(32-26)31-25(30-27)18-34-9-6-22(7-10-34)29-20(2)37/h3-5,8,11,16-17,22H,6-7,9-10,12-15,18H2,1-2H3,(H,29,37)(H,30,31,32).